The highest BCUT2D eigenvalue weighted by atomic mass is 19.4. The maximum absolute atomic E-state index is 14.4. The second-order valence-electron chi connectivity index (χ2n) is 18.7. The third-order valence-electron chi connectivity index (χ3n) is 14.2. The molecule has 2 aromatic heterocycles. The van der Waals surface area contributed by atoms with Crippen LogP contribution in [0.4, 0.5) is 30.2 Å². The Kier molecular flexibility index (Phi) is 11.4. The summed E-state index contributed by atoms with van der Waals surface area (Å²) in [5, 5.41) is 35.0. The number of fused-ring (bicyclic) bond motifs is 6. The Labute approximate surface area is 444 Å². The van der Waals surface area contributed by atoms with Gasteiger partial charge in [0.25, 0.3) is 0 Å². The van der Waals surface area contributed by atoms with Gasteiger partial charge >= 0.3 is 6.18 Å². The van der Waals surface area contributed by atoms with Crippen LogP contribution in [-0.2, 0) is 6.18 Å². The van der Waals surface area contributed by atoms with Gasteiger partial charge in [0, 0.05) is 27.1 Å². The summed E-state index contributed by atoms with van der Waals surface area (Å²) >= 11 is 0. The molecule has 0 unspecified atom stereocenters. The van der Waals surface area contributed by atoms with Gasteiger partial charge in [0.15, 0.2) is 17.1 Å². The van der Waals surface area contributed by atoms with Crippen LogP contribution in [0.2, 0.25) is 0 Å². The van der Waals surface area contributed by atoms with Gasteiger partial charge in [0.2, 0.25) is 0 Å². The summed E-state index contributed by atoms with van der Waals surface area (Å²) in [6, 6.07) is 66.5. The van der Waals surface area contributed by atoms with Gasteiger partial charge in [-0.3, -0.25) is 0 Å². The molecule has 0 aliphatic rings. The van der Waals surface area contributed by atoms with Crippen molar-refractivity contribution in [2.75, 3.05) is 0 Å². The molecule has 0 atom stereocenters. The predicted molar refractivity (Wildman–Crippen MR) is 300 cm³/mol. The Morgan fingerprint density at radius 2 is 0.756 bits per heavy atom. The van der Waals surface area contributed by atoms with Crippen LogP contribution in [0, 0.1) is 53.7 Å². The van der Waals surface area contributed by atoms with Crippen LogP contribution >= 0.6 is 0 Å². The number of aromatic nitrogens is 2. The fourth-order valence-corrected chi connectivity index (χ4v) is 10.6. The van der Waals surface area contributed by atoms with Crippen LogP contribution in [0.25, 0.3) is 125 Å². The quantitative estimate of drug-likeness (QED) is 0.149. The lowest BCUT2D eigenvalue weighted by Gasteiger charge is -2.20. The lowest BCUT2D eigenvalue weighted by Crippen LogP contribution is -2.06. The second-order valence-corrected chi connectivity index (χ2v) is 18.7. The first-order chi connectivity index (χ1) is 38.0. The van der Waals surface area contributed by atoms with E-state index in [1.165, 1.54) is 6.07 Å². The van der Waals surface area contributed by atoms with Gasteiger partial charge in [-0.15, -0.1) is 0 Å². The molecule has 2 heterocycles. The third kappa shape index (κ3) is 8.08. The van der Waals surface area contributed by atoms with Gasteiger partial charge in [-0.1, -0.05) is 121 Å². The Morgan fingerprint density at radius 3 is 1.12 bits per heavy atom. The molecule has 12 aromatic rings. The molecule has 0 spiro atoms. The van der Waals surface area contributed by atoms with E-state index in [-0.39, 0.29) is 16.8 Å². The van der Waals surface area contributed by atoms with Crippen molar-refractivity contribution in [1.29, 1.82) is 15.8 Å². The minimum atomic E-state index is -4.74. The fourth-order valence-electron chi connectivity index (χ4n) is 10.6. The molecule has 0 aliphatic carbocycles. The second kappa shape index (κ2) is 18.8. The van der Waals surface area contributed by atoms with Crippen LogP contribution in [0.3, 0.4) is 0 Å². The SMILES string of the molecule is [C-]#[N+]c1cccc(-c2ccc3c4ccc(-c5cccc([N+]#[C-])c5)cc4n(-c4cc(-c5ccc(C(F)(F)F)cc5[N+]#[C-])cc(-n5c6cc(-c7cccc(C#N)c7)ccc6c6ccc(-c7cccc(C#N)c7)cc65)c4C#N)c3c2)c1. The average Bonchev–Trinajstić information content (AvgIpc) is 4.21. The molecule has 0 saturated heterocycles. The van der Waals surface area contributed by atoms with E-state index in [9.17, 15) is 29.0 Å². The molecule has 10 aromatic carbocycles. The number of hydrogen-bond donors (Lipinski definition) is 0. The summed E-state index contributed by atoms with van der Waals surface area (Å²) in [4.78, 5) is 11.0. The molecule has 12 rings (SSSR count). The first-order valence-electron chi connectivity index (χ1n) is 24.3. The normalized spacial score (nSPS) is 11.2. The van der Waals surface area contributed by atoms with Crippen molar-refractivity contribution < 1.29 is 13.2 Å². The highest BCUT2D eigenvalue weighted by Gasteiger charge is 2.32. The minimum absolute atomic E-state index is 0.183. The lowest BCUT2D eigenvalue weighted by molar-refractivity contribution is -0.137. The zero-order valence-corrected chi connectivity index (χ0v) is 40.8. The van der Waals surface area contributed by atoms with Crippen molar-refractivity contribution in [1.82, 2.24) is 9.13 Å². The van der Waals surface area contributed by atoms with Crippen molar-refractivity contribution in [3.05, 3.63) is 257 Å². The molecule has 0 aliphatic heterocycles. The van der Waals surface area contributed by atoms with Crippen molar-refractivity contribution in [2.45, 2.75) is 6.18 Å². The van der Waals surface area contributed by atoms with Crippen molar-refractivity contribution >= 4 is 60.7 Å². The topological polar surface area (TPSA) is 94.3 Å². The van der Waals surface area contributed by atoms with Crippen molar-refractivity contribution in [3.8, 4) is 85.2 Å². The summed E-state index contributed by atoms with van der Waals surface area (Å²) in [5.41, 5.74) is 10.9. The van der Waals surface area contributed by atoms with Crippen LogP contribution in [0.15, 0.2) is 200 Å². The molecule has 8 nitrogen and oxygen atoms in total. The van der Waals surface area contributed by atoms with Gasteiger partial charge in [-0.05, 0) is 134 Å². The fraction of sp³-hybridized carbons (Fsp3) is 0.0149. The third-order valence-corrected chi connectivity index (χ3v) is 14.2. The summed E-state index contributed by atoms with van der Waals surface area (Å²) in [6.45, 7) is 23.8. The van der Waals surface area contributed by atoms with Gasteiger partial charge in [-0.2, -0.15) is 29.0 Å². The summed E-state index contributed by atoms with van der Waals surface area (Å²) < 4.78 is 47.2. The van der Waals surface area contributed by atoms with Crippen LogP contribution in [0.1, 0.15) is 22.3 Å². The molecule has 78 heavy (non-hydrogen) atoms. The lowest BCUT2D eigenvalue weighted by atomic mass is 9.97. The van der Waals surface area contributed by atoms with E-state index >= 15 is 0 Å². The molecular formula is C67H33F3N8. The monoisotopic (exact) mass is 1010 g/mol. The van der Waals surface area contributed by atoms with E-state index < -0.39 is 11.7 Å². The molecular weight excluding hydrogens is 974 g/mol. The molecule has 0 radical (unpaired) electrons. The molecule has 0 bridgehead atoms. The largest absolute Gasteiger partial charge is 0.415 e. The number of nitriles is 3. The van der Waals surface area contributed by atoms with E-state index in [4.69, 9.17) is 19.7 Å². The number of halogens is 3. The van der Waals surface area contributed by atoms with E-state index in [1.54, 1.807) is 60.7 Å². The highest BCUT2D eigenvalue weighted by molar-refractivity contribution is 6.13. The van der Waals surface area contributed by atoms with Gasteiger partial charge in [0.1, 0.15) is 11.6 Å². The Hall–Kier alpha value is -11.5. The smallest absolute Gasteiger partial charge is 0.308 e. The number of alkyl halides is 3. The first kappa shape index (κ1) is 47.5. The van der Waals surface area contributed by atoms with E-state index in [2.05, 4.69) is 32.7 Å². The summed E-state index contributed by atoms with van der Waals surface area (Å²) in [5.74, 6) is 0. The van der Waals surface area contributed by atoms with Crippen LogP contribution < -0.4 is 0 Å². The van der Waals surface area contributed by atoms with Gasteiger partial charge in [0.05, 0.1) is 76.4 Å². The van der Waals surface area contributed by atoms with Crippen LogP contribution in [0.5, 0.6) is 0 Å². The Bertz CT molecular complexity index is 4330. The predicted octanol–water partition coefficient (Wildman–Crippen LogP) is 18.5. The number of nitrogens with zero attached hydrogens (tertiary/aromatic N) is 8. The summed E-state index contributed by atoms with van der Waals surface area (Å²) in [6.07, 6.45) is -4.74. The maximum atomic E-state index is 14.4. The molecule has 0 fully saturated rings. The standard InChI is InChI=1S/C67H33F3N8/c1-74-52-14-6-12-44(28-52)48-18-23-57-58-24-19-49(45-13-7-15-53(29-45)75-2)33-64(58)78(63(57)32-48)66-35-50(54-25-20-51(67(68,69)70)36-60(54)76-3)34-65(59(66)39-73)77-61-30-46(42-10-4-8-40(26-42)37-71)16-21-55(61)56-22-17-47(31-62(56)77)43-11-5-9-41(27-43)38-72/h4-36H. The average molecular weight is 1010 g/mol. The van der Waals surface area contributed by atoms with E-state index in [1.807, 2.05) is 130 Å². The molecule has 0 N–H and O–H groups in total. The highest BCUT2D eigenvalue weighted by Crippen LogP contribution is 2.46. The number of hydrogen-bond acceptors (Lipinski definition) is 3. The first-order valence-corrected chi connectivity index (χ1v) is 24.3. The van der Waals surface area contributed by atoms with Gasteiger partial charge in [-0.25, -0.2) is 14.5 Å². The summed E-state index contributed by atoms with van der Waals surface area (Å²) in [7, 11) is 0. The van der Waals surface area contributed by atoms with Crippen molar-refractivity contribution in [3.63, 3.8) is 0 Å². The number of benzene rings is 10. The van der Waals surface area contributed by atoms with E-state index in [0.717, 1.165) is 78.2 Å². The zero-order chi connectivity index (χ0) is 53.8. The molecule has 0 amide bonds. The number of rotatable bonds is 7. The molecule has 0 saturated carbocycles. The van der Waals surface area contributed by atoms with Crippen molar-refractivity contribution in [2.24, 2.45) is 0 Å². The van der Waals surface area contributed by atoms with Gasteiger partial charge < -0.3 is 9.13 Å². The zero-order valence-electron chi connectivity index (χ0n) is 40.8. The minimum Gasteiger partial charge on any atom is -0.308 e. The Balaban J connectivity index is 1.25. The molecule has 362 valence electrons. The Morgan fingerprint density at radius 1 is 0.372 bits per heavy atom. The van der Waals surface area contributed by atoms with Crippen LogP contribution in [-0.4, -0.2) is 9.13 Å². The maximum Gasteiger partial charge on any atom is 0.415 e. The van der Waals surface area contributed by atoms with E-state index in [0.29, 0.717) is 61.5 Å². The molecule has 11 heteroatoms.